The molecule has 0 fully saturated rings. The first-order chi connectivity index (χ1) is 13.1. The van der Waals surface area contributed by atoms with Crippen LogP contribution in [0.4, 0.5) is 5.69 Å². The maximum absolute atomic E-state index is 12.8. The van der Waals surface area contributed by atoms with Gasteiger partial charge in [-0.1, -0.05) is 18.2 Å². The molecule has 3 aromatic rings. The van der Waals surface area contributed by atoms with Crippen LogP contribution in [0.1, 0.15) is 16.8 Å². The highest BCUT2D eigenvalue weighted by Gasteiger charge is 2.22. The van der Waals surface area contributed by atoms with Crippen LogP contribution in [0, 0.1) is 11.3 Å². The molecule has 0 atom stereocenters. The van der Waals surface area contributed by atoms with Crippen LogP contribution < -0.4 is 10.7 Å². The fraction of sp³-hybridized carbons (Fsp3) is 0.190. The van der Waals surface area contributed by atoms with E-state index in [-0.39, 0.29) is 17.9 Å². The monoisotopic (exact) mass is 358 g/mol. The Morgan fingerprint density at radius 2 is 2.07 bits per heavy atom. The lowest BCUT2D eigenvalue weighted by molar-refractivity contribution is -0.117. The molecule has 0 saturated carbocycles. The minimum Gasteiger partial charge on any atom is -0.358 e. The van der Waals surface area contributed by atoms with Crippen LogP contribution >= 0.6 is 0 Å². The van der Waals surface area contributed by atoms with Crippen molar-refractivity contribution in [3.05, 3.63) is 75.6 Å². The highest BCUT2D eigenvalue weighted by Crippen LogP contribution is 2.18. The Labute approximate surface area is 156 Å². The summed E-state index contributed by atoms with van der Waals surface area (Å²) in [6.07, 6.45) is 0.701. The van der Waals surface area contributed by atoms with Gasteiger partial charge in [-0.25, -0.2) is 0 Å². The maximum Gasteiger partial charge on any atom is 0.238 e. The van der Waals surface area contributed by atoms with Gasteiger partial charge in [0.1, 0.15) is 0 Å². The van der Waals surface area contributed by atoms with E-state index < -0.39 is 0 Å². The van der Waals surface area contributed by atoms with Crippen LogP contribution in [0.3, 0.4) is 0 Å². The number of anilines is 1. The van der Waals surface area contributed by atoms with Crippen LogP contribution in [-0.2, 0) is 17.8 Å². The molecule has 1 aliphatic heterocycles. The Kier molecular flexibility index (Phi) is 4.45. The number of nitrogens with one attached hydrogen (secondary N) is 2. The van der Waals surface area contributed by atoms with Crippen molar-refractivity contribution >= 4 is 22.5 Å². The molecule has 0 radical (unpaired) electrons. The Morgan fingerprint density at radius 1 is 1.22 bits per heavy atom. The van der Waals surface area contributed by atoms with E-state index in [0.717, 1.165) is 16.8 Å². The summed E-state index contributed by atoms with van der Waals surface area (Å²) in [5, 5.41) is 12.4. The number of para-hydroxylation sites is 1. The number of H-pyrrole nitrogens is 1. The van der Waals surface area contributed by atoms with Gasteiger partial charge in [0.05, 0.1) is 18.2 Å². The topological polar surface area (TPSA) is 89.0 Å². The number of pyridine rings is 1. The van der Waals surface area contributed by atoms with E-state index in [1.54, 1.807) is 24.3 Å². The maximum atomic E-state index is 12.8. The minimum absolute atomic E-state index is 0.0335. The van der Waals surface area contributed by atoms with E-state index in [9.17, 15) is 9.59 Å². The van der Waals surface area contributed by atoms with Crippen molar-refractivity contribution in [2.75, 3.05) is 18.4 Å². The lowest BCUT2D eigenvalue weighted by Gasteiger charge is -2.27. The van der Waals surface area contributed by atoms with E-state index in [0.29, 0.717) is 36.1 Å². The SMILES string of the molecule is N#Cc1cccc(NC(=O)CN2CCc3[nH]c4ccccc4c(=O)c3C2)c1. The van der Waals surface area contributed by atoms with Gasteiger partial charge >= 0.3 is 0 Å². The number of aromatic amines is 1. The molecule has 2 N–H and O–H groups in total. The van der Waals surface area contributed by atoms with Gasteiger partial charge in [0.2, 0.25) is 5.91 Å². The molecular weight excluding hydrogens is 340 g/mol. The Hall–Kier alpha value is -3.43. The fourth-order valence-electron chi connectivity index (χ4n) is 3.49. The standard InChI is InChI=1S/C21H18N4O2/c22-11-14-4-3-5-15(10-14)23-20(26)13-25-9-8-19-17(12-25)21(27)16-6-1-2-7-18(16)24-19/h1-7,10H,8-9,12-13H2,(H,23,26)(H,24,27). The number of hydrogen-bond acceptors (Lipinski definition) is 4. The summed E-state index contributed by atoms with van der Waals surface area (Å²) in [6.45, 7) is 1.34. The summed E-state index contributed by atoms with van der Waals surface area (Å²) in [6, 6.07) is 16.4. The normalized spacial score (nSPS) is 13.7. The third-order valence-corrected chi connectivity index (χ3v) is 4.80. The van der Waals surface area contributed by atoms with E-state index in [1.807, 2.05) is 29.2 Å². The zero-order valence-electron chi connectivity index (χ0n) is 14.7. The second-order valence-corrected chi connectivity index (χ2v) is 6.66. The van der Waals surface area contributed by atoms with E-state index in [1.165, 1.54) is 0 Å². The fourth-order valence-corrected chi connectivity index (χ4v) is 3.49. The molecule has 0 spiro atoms. The highest BCUT2D eigenvalue weighted by atomic mass is 16.2. The quantitative estimate of drug-likeness (QED) is 0.752. The van der Waals surface area contributed by atoms with Crippen LogP contribution in [0.2, 0.25) is 0 Å². The van der Waals surface area contributed by atoms with Gasteiger partial charge in [0, 0.05) is 47.4 Å². The average molecular weight is 358 g/mol. The van der Waals surface area contributed by atoms with Crippen molar-refractivity contribution in [3.8, 4) is 6.07 Å². The number of amides is 1. The van der Waals surface area contributed by atoms with Crippen LogP contribution in [0.15, 0.2) is 53.3 Å². The minimum atomic E-state index is -0.161. The smallest absolute Gasteiger partial charge is 0.238 e. The van der Waals surface area contributed by atoms with Crippen LogP contribution in [-0.4, -0.2) is 28.9 Å². The van der Waals surface area contributed by atoms with Crippen molar-refractivity contribution in [1.29, 1.82) is 5.26 Å². The summed E-state index contributed by atoms with van der Waals surface area (Å²) < 4.78 is 0. The first-order valence-electron chi connectivity index (χ1n) is 8.79. The molecular formula is C21H18N4O2. The second-order valence-electron chi connectivity index (χ2n) is 6.66. The summed E-state index contributed by atoms with van der Waals surface area (Å²) in [7, 11) is 0. The van der Waals surface area contributed by atoms with Crippen LogP contribution in [0.25, 0.3) is 10.9 Å². The summed E-state index contributed by atoms with van der Waals surface area (Å²) in [5.41, 5.74) is 3.67. The molecule has 0 saturated heterocycles. The number of nitrogens with zero attached hydrogens (tertiary/aromatic N) is 2. The third kappa shape index (κ3) is 3.46. The predicted octanol–water partition coefficient (Wildman–Crippen LogP) is 2.40. The van der Waals surface area contributed by atoms with Crippen molar-refractivity contribution in [3.63, 3.8) is 0 Å². The number of aromatic nitrogens is 1. The van der Waals surface area contributed by atoms with E-state index in [4.69, 9.17) is 5.26 Å². The van der Waals surface area contributed by atoms with Gasteiger partial charge < -0.3 is 10.3 Å². The van der Waals surface area contributed by atoms with Gasteiger partial charge in [-0.2, -0.15) is 5.26 Å². The lowest BCUT2D eigenvalue weighted by atomic mass is 10.0. The number of hydrogen-bond donors (Lipinski definition) is 2. The molecule has 6 heteroatoms. The molecule has 0 aliphatic carbocycles. The molecule has 134 valence electrons. The van der Waals surface area contributed by atoms with Gasteiger partial charge in [0.15, 0.2) is 5.43 Å². The summed E-state index contributed by atoms with van der Waals surface area (Å²) in [4.78, 5) is 30.5. The van der Waals surface area contributed by atoms with Gasteiger partial charge in [-0.05, 0) is 30.3 Å². The van der Waals surface area contributed by atoms with Crippen LogP contribution in [0.5, 0.6) is 0 Å². The van der Waals surface area contributed by atoms with Crippen molar-refractivity contribution in [2.24, 2.45) is 0 Å². The zero-order chi connectivity index (χ0) is 18.8. The van der Waals surface area contributed by atoms with Crippen molar-refractivity contribution < 1.29 is 4.79 Å². The van der Waals surface area contributed by atoms with Crippen molar-refractivity contribution in [2.45, 2.75) is 13.0 Å². The second kappa shape index (κ2) is 7.06. The lowest BCUT2D eigenvalue weighted by Crippen LogP contribution is -2.39. The first-order valence-corrected chi connectivity index (χ1v) is 8.79. The number of rotatable bonds is 3. The molecule has 1 aliphatic rings. The Balaban J connectivity index is 1.49. The van der Waals surface area contributed by atoms with Gasteiger partial charge in [-0.3, -0.25) is 14.5 Å². The van der Waals surface area contributed by atoms with E-state index in [2.05, 4.69) is 16.4 Å². The molecule has 6 nitrogen and oxygen atoms in total. The molecule has 27 heavy (non-hydrogen) atoms. The molecule has 0 unspecified atom stereocenters. The zero-order valence-corrected chi connectivity index (χ0v) is 14.7. The first kappa shape index (κ1) is 17.0. The third-order valence-electron chi connectivity index (χ3n) is 4.80. The number of carbonyl (C=O) groups is 1. The molecule has 2 heterocycles. The van der Waals surface area contributed by atoms with Gasteiger partial charge in [0.25, 0.3) is 0 Å². The Morgan fingerprint density at radius 3 is 2.93 bits per heavy atom. The predicted molar refractivity (Wildman–Crippen MR) is 103 cm³/mol. The molecule has 1 aromatic heterocycles. The van der Waals surface area contributed by atoms with Gasteiger partial charge in [-0.15, -0.1) is 0 Å². The number of fused-ring (bicyclic) bond motifs is 2. The highest BCUT2D eigenvalue weighted by molar-refractivity contribution is 5.92. The molecule has 1 amide bonds. The molecule has 2 aromatic carbocycles. The number of carbonyl (C=O) groups excluding carboxylic acids is 1. The number of benzene rings is 2. The average Bonchev–Trinajstić information content (AvgIpc) is 2.69. The molecule has 4 rings (SSSR count). The number of nitriles is 1. The van der Waals surface area contributed by atoms with E-state index >= 15 is 0 Å². The largest absolute Gasteiger partial charge is 0.358 e. The van der Waals surface area contributed by atoms with Crippen molar-refractivity contribution in [1.82, 2.24) is 9.88 Å². The molecule has 0 bridgehead atoms. The summed E-state index contributed by atoms with van der Waals surface area (Å²) >= 11 is 0. The Bertz CT molecular complexity index is 1130. The summed E-state index contributed by atoms with van der Waals surface area (Å²) in [5.74, 6) is -0.161.